The van der Waals surface area contributed by atoms with Crippen LogP contribution in [0.1, 0.15) is 40.2 Å². The van der Waals surface area contributed by atoms with Crippen molar-refractivity contribution in [2.45, 2.75) is 52.7 Å². The van der Waals surface area contributed by atoms with Crippen LogP contribution in [0.15, 0.2) is 59.5 Å². The topological polar surface area (TPSA) is 108 Å². The van der Waals surface area contributed by atoms with E-state index in [1.165, 1.54) is 5.56 Å². The van der Waals surface area contributed by atoms with E-state index in [1.807, 2.05) is 65.0 Å². The first-order chi connectivity index (χ1) is 16.1. The van der Waals surface area contributed by atoms with Crippen molar-refractivity contribution in [1.82, 2.24) is 9.97 Å². The molecule has 0 fully saturated rings. The molecule has 3 aromatic rings. The number of carbonyl (C=O) groups is 1. The number of H-pyrrole nitrogens is 1. The molecule has 0 unspecified atom stereocenters. The zero-order valence-electron chi connectivity index (χ0n) is 20.4. The second-order valence-corrected chi connectivity index (χ2v) is 9.36. The van der Waals surface area contributed by atoms with Gasteiger partial charge in [-0.3, -0.25) is 10.1 Å². The molecule has 0 aliphatic carbocycles. The Morgan fingerprint density at radius 2 is 1.79 bits per heavy atom. The Morgan fingerprint density at radius 1 is 1.09 bits per heavy atom. The van der Waals surface area contributed by atoms with Crippen molar-refractivity contribution < 1.29 is 9.53 Å². The zero-order chi connectivity index (χ0) is 24.7. The third-order valence-electron chi connectivity index (χ3n) is 4.69. The van der Waals surface area contributed by atoms with E-state index >= 15 is 0 Å². The second-order valence-electron chi connectivity index (χ2n) is 9.36. The van der Waals surface area contributed by atoms with E-state index in [9.17, 15) is 9.59 Å². The molecule has 1 amide bonds. The summed E-state index contributed by atoms with van der Waals surface area (Å²) in [7, 11) is 0. The van der Waals surface area contributed by atoms with Crippen LogP contribution in [0.3, 0.4) is 0 Å². The minimum atomic E-state index is -0.618. The van der Waals surface area contributed by atoms with Gasteiger partial charge in [-0.2, -0.15) is 0 Å². The number of amides is 1. The molecule has 3 rings (SSSR count). The van der Waals surface area contributed by atoms with Crippen molar-refractivity contribution >= 4 is 23.3 Å². The van der Waals surface area contributed by atoms with E-state index < -0.39 is 11.7 Å². The fraction of sp³-hybridized carbons (Fsp3) is 0.346. The largest absolute Gasteiger partial charge is 0.444 e. The number of carbonyl (C=O) groups excluding carboxylic acids is 1. The van der Waals surface area contributed by atoms with Gasteiger partial charge in [0.05, 0.1) is 11.9 Å². The first-order valence-corrected chi connectivity index (χ1v) is 11.4. The molecule has 8 heteroatoms. The number of ether oxygens (including phenoxy) is 1. The Kier molecular flexibility index (Phi) is 7.94. The summed E-state index contributed by atoms with van der Waals surface area (Å²) in [4.78, 5) is 32.0. The van der Waals surface area contributed by atoms with Crippen molar-refractivity contribution in [3.63, 3.8) is 0 Å². The maximum absolute atomic E-state index is 12.5. The molecule has 34 heavy (non-hydrogen) atoms. The predicted molar refractivity (Wildman–Crippen MR) is 138 cm³/mol. The van der Waals surface area contributed by atoms with Crippen LogP contribution >= 0.6 is 0 Å². The van der Waals surface area contributed by atoms with Gasteiger partial charge >= 0.3 is 6.09 Å². The molecule has 0 bridgehead atoms. The maximum Gasteiger partial charge on any atom is 0.412 e. The van der Waals surface area contributed by atoms with Gasteiger partial charge in [0, 0.05) is 29.5 Å². The molecule has 1 heterocycles. The average molecular weight is 464 g/mol. The van der Waals surface area contributed by atoms with E-state index in [2.05, 4.69) is 38.1 Å². The molecule has 0 atom stereocenters. The number of nitrogens with zero attached hydrogens (tertiary/aromatic N) is 1. The maximum atomic E-state index is 12.5. The number of hydrogen-bond donors (Lipinski definition) is 4. The fourth-order valence-electron chi connectivity index (χ4n) is 3.30. The summed E-state index contributed by atoms with van der Waals surface area (Å²) < 4.78 is 5.39. The highest BCUT2D eigenvalue weighted by molar-refractivity contribution is 5.87. The second kappa shape index (κ2) is 10.9. The number of benzene rings is 2. The van der Waals surface area contributed by atoms with Crippen molar-refractivity contribution in [2.75, 3.05) is 22.5 Å². The Hall–Kier alpha value is -3.81. The molecule has 4 N–H and O–H groups in total. The van der Waals surface area contributed by atoms with Gasteiger partial charge < -0.3 is 20.4 Å². The summed E-state index contributed by atoms with van der Waals surface area (Å²) in [5.41, 5.74) is 2.88. The Labute approximate surface area is 200 Å². The summed E-state index contributed by atoms with van der Waals surface area (Å²) in [6.45, 7) is 10.0. The summed E-state index contributed by atoms with van der Waals surface area (Å²) in [5.74, 6) is 0.267. The van der Waals surface area contributed by atoms with Gasteiger partial charge in [-0.25, -0.2) is 9.78 Å². The van der Waals surface area contributed by atoms with Crippen LogP contribution in [0.25, 0.3) is 11.3 Å². The van der Waals surface area contributed by atoms with Crippen LogP contribution in [0, 0.1) is 0 Å². The van der Waals surface area contributed by atoms with E-state index in [0.717, 1.165) is 12.1 Å². The number of hydrogen-bond acceptors (Lipinski definition) is 6. The van der Waals surface area contributed by atoms with Crippen molar-refractivity contribution in [2.24, 2.45) is 0 Å². The lowest BCUT2D eigenvalue weighted by Crippen LogP contribution is -2.27. The summed E-state index contributed by atoms with van der Waals surface area (Å²) in [6, 6.07) is 15.8. The van der Waals surface area contributed by atoms with Crippen molar-refractivity contribution in [1.29, 1.82) is 0 Å². The molecule has 1 aromatic heterocycles. The molecule has 180 valence electrons. The van der Waals surface area contributed by atoms with Crippen molar-refractivity contribution in [3.8, 4) is 11.3 Å². The van der Waals surface area contributed by atoms with Crippen LogP contribution in [-0.2, 0) is 11.2 Å². The van der Waals surface area contributed by atoms with Gasteiger partial charge in [-0.15, -0.1) is 0 Å². The molecular weight excluding hydrogens is 430 g/mol. The average Bonchev–Trinajstić information content (AvgIpc) is 2.74. The smallest absolute Gasteiger partial charge is 0.412 e. The van der Waals surface area contributed by atoms with E-state index in [-0.39, 0.29) is 17.4 Å². The Morgan fingerprint density at radius 3 is 2.44 bits per heavy atom. The number of rotatable bonds is 8. The molecular formula is C26H33N5O3. The molecule has 0 saturated carbocycles. The number of anilines is 3. The van der Waals surface area contributed by atoms with Gasteiger partial charge in [0.25, 0.3) is 5.56 Å². The molecule has 0 aliphatic rings. The standard InChI is InChI=1S/C26H33N5O3/c1-17(2)29-23-24(32)31-22(16-28-23)19-13-20(27-12-11-18-9-7-6-8-10-18)15-21(14-19)30-25(33)34-26(3,4)5/h6-10,13-17,27H,11-12H2,1-5H3,(H,28,29)(H,30,33)(H,31,32). The van der Waals surface area contributed by atoms with Crippen LogP contribution in [0.2, 0.25) is 0 Å². The van der Waals surface area contributed by atoms with E-state index in [4.69, 9.17) is 4.74 Å². The van der Waals surface area contributed by atoms with Crippen LogP contribution < -0.4 is 21.5 Å². The van der Waals surface area contributed by atoms with Gasteiger partial charge in [-0.05, 0) is 64.8 Å². The summed E-state index contributed by atoms with van der Waals surface area (Å²) in [6.07, 6.45) is 1.89. The SMILES string of the molecule is CC(C)Nc1ncc(-c2cc(NCCc3ccccc3)cc(NC(=O)OC(C)(C)C)c2)[nH]c1=O. The molecule has 0 saturated heterocycles. The number of aromatic nitrogens is 2. The van der Waals surface area contributed by atoms with Gasteiger partial charge in [0.15, 0.2) is 5.82 Å². The third kappa shape index (κ3) is 7.65. The number of nitrogens with one attached hydrogen (secondary N) is 4. The molecule has 0 radical (unpaired) electrons. The van der Waals surface area contributed by atoms with Crippen LogP contribution in [-0.4, -0.2) is 34.2 Å². The fourth-order valence-corrected chi connectivity index (χ4v) is 3.30. The summed E-state index contributed by atoms with van der Waals surface area (Å²) in [5, 5.41) is 9.21. The van der Waals surface area contributed by atoms with Gasteiger partial charge in [-0.1, -0.05) is 30.3 Å². The van der Waals surface area contributed by atoms with Crippen LogP contribution in [0.5, 0.6) is 0 Å². The minimum absolute atomic E-state index is 0.0845. The molecule has 2 aromatic carbocycles. The highest BCUT2D eigenvalue weighted by Gasteiger charge is 2.17. The lowest BCUT2D eigenvalue weighted by atomic mass is 10.1. The quantitative estimate of drug-likeness (QED) is 0.363. The zero-order valence-corrected chi connectivity index (χ0v) is 20.4. The highest BCUT2D eigenvalue weighted by Crippen LogP contribution is 2.26. The Balaban J connectivity index is 1.86. The molecule has 0 aliphatic heterocycles. The highest BCUT2D eigenvalue weighted by atomic mass is 16.6. The predicted octanol–water partition coefficient (Wildman–Crippen LogP) is 5.26. The minimum Gasteiger partial charge on any atom is -0.444 e. The molecule has 8 nitrogen and oxygen atoms in total. The van der Waals surface area contributed by atoms with E-state index in [0.29, 0.717) is 23.5 Å². The monoisotopic (exact) mass is 463 g/mol. The lowest BCUT2D eigenvalue weighted by molar-refractivity contribution is 0.0636. The normalized spacial score (nSPS) is 11.2. The Bertz CT molecular complexity index is 1170. The summed E-state index contributed by atoms with van der Waals surface area (Å²) >= 11 is 0. The van der Waals surface area contributed by atoms with Crippen LogP contribution in [0.4, 0.5) is 22.0 Å². The first kappa shape index (κ1) is 24.8. The van der Waals surface area contributed by atoms with Gasteiger partial charge in [0.1, 0.15) is 5.60 Å². The third-order valence-corrected chi connectivity index (χ3v) is 4.69. The van der Waals surface area contributed by atoms with Gasteiger partial charge in [0.2, 0.25) is 0 Å². The molecule has 0 spiro atoms. The van der Waals surface area contributed by atoms with E-state index in [1.54, 1.807) is 12.3 Å². The first-order valence-electron chi connectivity index (χ1n) is 11.4. The number of aromatic amines is 1. The lowest BCUT2D eigenvalue weighted by Gasteiger charge is -2.20. The van der Waals surface area contributed by atoms with Crippen molar-refractivity contribution in [3.05, 3.63) is 70.6 Å².